The Morgan fingerprint density at radius 2 is 2.00 bits per heavy atom. The maximum Gasteiger partial charge on any atom is 0.255 e. The highest BCUT2D eigenvalue weighted by Crippen LogP contribution is 2.26. The van der Waals surface area contributed by atoms with Gasteiger partial charge in [0.05, 0.1) is 10.2 Å². The first kappa shape index (κ1) is 11.6. The van der Waals surface area contributed by atoms with Gasteiger partial charge in [0.15, 0.2) is 5.13 Å². The molecule has 2 aromatic heterocycles. The Bertz CT molecular complexity index is 739. The molecule has 3 rings (SSSR count). The van der Waals surface area contributed by atoms with E-state index < -0.39 is 0 Å². The summed E-state index contributed by atoms with van der Waals surface area (Å²) in [6.45, 7) is 0. The number of amides is 1. The molecule has 0 saturated heterocycles. The molecular weight excluding hydrogens is 260 g/mol. The molecule has 5 nitrogen and oxygen atoms in total. The van der Waals surface area contributed by atoms with Crippen molar-refractivity contribution in [2.24, 2.45) is 0 Å². The Morgan fingerprint density at radius 1 is 1.21 bits per heavy atom. The summed E-state index contributed by atoms with van der Waals surface area (Å²) in [4.78, 5) is 20.0. The van der Waals surface area contributed by atoms with Crippen molar-refractivity contribution >= 4 is 38.3 Å². The van der Waals surface area contributed by atoms with Crippen molar-refractivity contribution < 1.29 is 4.79 Å². The lowest BCUT2D eigenvalue weighted by atomic mass is 10.2. The molecule has 0 spiro atoms. The number of hydrogen-bond donors (Lipinski definition) is 2. The molecular formula is C13H10N4OS. The van der Waals surface area contributed by atoms with Crippen LogP contribution in [0.25, 0.3) is 10.2 Å². The normalized spacial score (nSPS) is 10.5. The monoisotopic (exact) mass is 270 g/mol. The first-order valence-electron chi connectivity index (χ1n) is 5.60. The number of fused-ring (bicyclic) bond motifs is 1. The predicted octanol–water partition coefficient (Wildman–Crippen LogP) is 2.53. The van der Waals surface area contributed by atoms with Crippen LogP contribution in [-0.2, 0) is 0 Å². The quantitative estimate of drug-likeness (QED) is 0.749. The van der Waals surface area contributed by atoms with Gasteiger partial charge in [0.1, 0.15) is 0 Å². The van der Waals surface area contributed by atoms with Gasteiger partial charge in [-0.2, -0.15) is 0 Å². The van der Waals surface area contributed by atoms with Crippen molar-refractivity contribution in [2.45, 2.75) is 0 Å². The third kappa shape index (κ3) is 2.38. The van der Waals surface area contributed by atoms with Gasteiger partial charge in [-0.15, -0.1) is 0 Å². The molecule has 3 aromatic rings. The van der Waals surface area contributed by atoms with Gasteiger partial charge in [-0.05, 0) is 30.3 Å². The third-order valence-corrected chi connectivity index (χ3v) is 3.45. The van der Waals surface area contributed by atoms with Crippen LogP contribution in [0.4, 0.5) is 10.8 Å². The number of pyridine rings is 1. The molecule has 1 aromatic carbocycles. The van der Waals surface area contributed by atoms with Crippen molar-refractivity contribution in [2.75, 3.05) is 11.1 Å². The zero-order valence-corrected chi connectivity index (χ0v) is 10.6. The van der Waals surface area contributed by atoms with E-state index >= 15 is 0 Å². The van der Waals surface area contributed by atoms with Gasteiger partial charge in [-0.1, -0.05) is 11.3 Å². The number of nitrogen functional groups attached to an aromatic ring is 1. The van der Waals surface area contributed by atoms with E-state index in [9.17, 15) is 4.79 Å². The topological polar surface area (TPSA) is 80.9 Å². The van der Waals surface area contributed by atoms with Crippen LogP contribution in [0.15, 0.2) is 42.7 Å². The van der Waals surface area contributed by atoms with Gasteiger partial charge in [-0.3, -0.25) is 9.78 Å². The van der Waals surface area contributed by atoms with Crippen LogP contribution >= 0.6 is 11.3 Å². The van der Waals surface area contributed by atoms with Crippen LogP contribution in [-0.4, -0.2) is 15.9 Å². The number of nitrogens with zero attached hydrogens (tertiary/aromatic N) is 2. The van der Waals surface area contributed by atoms with Crippen LogP contribution in [0.1, 0.15) is 10.4 Å². The number of hydrogen-bond acceptors (Lipinski definition) is 5. The molecule has 0 fully saturated rings. The number of anilines is 2. The molecule has 6 heteroatoms. The largest absolute Gasteiger partial charge is 0.375 e. The van der Waals surface area contributed by atoms with Gasteiger partial charge < -0.3 is 11.1 Å². The Kier molecular flexibility index (Phi) is 2.85. The number of nitrogens with two attached hydrogens (primary N) is 1. The summed E-state index contributed by atoms with van der Waals surface area (Å²) < 4.78 is 0.949. The Labute approximate surface area is 113 Å². The maximum absolute atomic E-state index is 12.0. The summed E-state index contributed by atoms with van der Waals surface area (Å²) in [5, 5.41) is 3.35. The molecule has 0 saturated carbocycles. The van der Waals surface area contributed by atoms with Crippen molar-refractivity contribution in [3.05, 3.63) is 48.3 Å². The summed E-state index contributed by atoms with van der Waals surface area (Å²) in [5.74, 6) is -0.167. The fourth-order valence-corrected chi connectivity index (χ4v) is 2.50. The van der Waals surface area contributed by atoms with E-state index in [1.165, 1.54) is 11.3 Å². The van der Waals surface area contributed by atoms with Crippen LogP contribution in [0.2, 0.25) is 0 Å². The summed E-state index contributed by atoms with van der Waals surface area (Å²) in [6.07, 6.45) is 3.17. The number of benzene rings is 1. The average molecular weight is 270 g/mol. The highest BCUT2D eigenvalue weighted by Gasteiger charge is 2.07. The smallest absolute Gasteiger partial charge is 0.255 e. The molecule has 0 aliphatic heterocycles. The molecule has 19 heavy (non-hydrogen) atoms. The fourth-order valence-electron chi connectivity index (χ4n) is 1.73. The lowest BCUT2D eigenvalue weighted by Gasteiger charge is -2.04. The highest BCUT2D eigenvalue weighted by atomic mass is 32.1. The second-order valence-corrected chi connectivity index (χ2v) is 4.99. The fraction of sp³-hybridized carbons (Fsp3) is 0. The van der Waals surface area contributed by atoms with Crippen LogP contribution in [0, 0.1) is 0 Å². The van der Waals surface area contributed by atoms with E-state index in [4.69, 9.17) is 5.73 Å². The third-order valence-electron chi connectivity index (χ3n) is 2.61. The Hall–Kier alpha value is -2.47. The van der Waals surface area contributed by atoms with Gasteiger partial charge >= 0.3 is 0 Å². The number of aromatic nitrogens is 2. The van der Waals surface area contributed by atoms with Crippen LogP contribution < -0.4 is 11.1 Å². The van der Waals surface area contributed by atoms with Gasteiger partial charge in [0.25, 0.3) is 5.91 Å². The molecule has 1 amide bonds. The summed E-state index contributed by atoms with van der Waals surface area (Å²) in [7, 11) is 0. The van der Waals surface area contributed by atoms with E-state index in [0.717, 1.165) is 15.9 Å². The number of carbonyl (C=O) groups excluding carboxylic acids is 1. The minimum absolute atomic E-state index is 0.167. The summed E-state index contributed by atoms with van der Waals surface area (Å²) >= 11 is 1.39. The number of thiazole rings is 1. The minimum Gasteiger partial charge on any atom is -0.375 e. The Morgan fingerprint density at radius 3 is 2.79 bits per heavy atom. The second kappa shape index (κ2) is 4.66. The molecule has 94 valence electrons. The average Bonchev–Trinajstić information content (AvgIpc) is 2.79. The first-order valence-corrected chi connectivity index (χ1v) is 6.41. The van der Waals surface area contributed by atoms with Crippen molar-refractivity contribution in [3.8, 4) is 0 Å². The highest BCUT2D eigenvalue weighted by molar-refractivity contribution is 7.22. The maximum atomic E-state index is 12.0. The molecule has 0 unspecified atom stereocenters. The second-order valence-electron chi connectivity index (χ2n) is 3.92. The molecule has 0 aliphatic rings. The summed E-state index contributed by atoms with van der Waals surface area (Å²) in [6, 6.07) is 8.84. The van der Waals surface area contributed by atoms with Crippen molar-refractivity contribution in [1.29, 1.82) is 0 Å². The number of nitrogens with one attached hydrogen (secondary N) is 1. The van der Waals surface area contributed by atoms with Gasteiger partial charge in [0, 0.05) is 23.6 Å². The number of carbonyl (C=O) groups is 1. The van der Waals surface area contributed by atoms with E-state index in [1.54, 1.807) is 30.6 Å². The molecule has 3 N–H and O–H groups in total. The standard InChI is InChI=1S/C13H10N4OS/c14-13-17-10-2-1-9(7-11(10)19-13)16-12(18)8-3-5-15-6-4-8/h1-7H,(H2,14,17)(H,16,18). The van der Waals surface area contributed by atoms with Crippen LogP contribution in [0.5, 0.6) is 0 Å². The zero-order chi connectivity index (χ0) is 13.2. The molecule has 0 aliphatic carbocycles. The molecule has 0 atom stereocenters. The molecule has 2 heterocycles. The summed E-state index contributed by atoms with van der Waals surface area (Å²) in [5.41, 5.74) is 7.77. The van der Waals surface area contributed by atoms with Gasteiger partial charge in [0.2, 0.25) is 0 Å². The lowest BCUT2D eigenvalue weighted by molar-refractivity contribution is 0.102. The van der Waals surface area contributed by atoms with E-state index in [0.29, 0.717) is 10.7 Å². The van der Waals surface area contributed by atoms with Crippen molar-refractivity contribution in [3.63, 3.8) is 0 Å². The van der Waals surface area contributed by atoms with Crippen molar-refractivity contribution in [1.82, 2.24) is 9.97 Å². The SMILES string of the molecule is Nc1nc2ccc(NC(=O)c3ccncc3)cc2s1. The van der Waals surface area contributed by atoms with E-state index in [2.05, 4.69) is 15.3 Å². The lowest BCUT2D eigenvalue weighted by Crippen LogP contribution is -2.11. The number of rotatable bonds is 2. The van der Waals surface area contributed by atoms with Gasteiger partial charge in [-0.25, -0.2) is 4.98 Å². The Balaban J connectivity index is 1.87. The van der Waals surface area contributed by atoms with Crippen LogP contribution in [0.3, 0.4) is 0 Å². The van der Waals surface area contributed by atoms with E-state index in [1.807, 2.05) is 12.1 Å². The molecule has 0 radical (unpaired) electrons. The van der Waals surface area contributed by atoms with E-state index in [-0.39, 0.29) is 5.91 Å². The first-order chi connectivity index (χ1) is 9.22. The molecule has 0 bridgehead atoms. The zero-order valence-electron chi connectivity index (χ0n) is 9.83. The predicted molar refractivity (Wildman–Crippen MR) is 76.2 cm³/mol. The minimum atomic E-state index is -0.167.